The molecule has 0 saturated carbocycles. The van der Waals surface area contributed by atoms with Crippen molar-refractivity contribution in [3.8, 4) is 11.5 Å². The first-order valence-electron chi connectivity index (χ1n) is 12.0. The van der Waals surface area contributed by atoms with Crippen molar-refractivity contribution in [3.63, 3.8) is 0 Å². The van der Waals surface area contributed by atoms with Crippen LogP contribution in [-0.2, 0) is 24.8 Å². The smallest absolute Gasteiger partial charge is 0.264 e. The van der Waals surface area contributed by atoms with Gasteiger partial charge in [-0.25, -0.2) is 21.2 Å². The quantitative estimate of drug-likeness (QED) is 0.260. The Kier molecular flexibility index (Phi) is 8.79. The first-order valence-corrected chi connectivity index (χ1v) is 14.9. The largest absolute Gasteiger partial charge is 0.497 e. The van der Waals surface area contributed by atoms with Gasteiger partial charge in [-0.1, -0.05) is 18.2 Å². The molecule has 0 heterocycles. The predicted molar refractivity (Wildman–Crippen MR) is 153 cm³/mol. The van der Waals surface area contributed by atoms with Crippen molar-refractivity contribution in [1.29, 1.82) is 0 Å². The van der Waals surface area contributed by atoms with Gasteiger partial charge in [-0.05, 0) is 72.8 Å². The molecule has 0 fully saturated rings. The number of carbonyl (C=O) groups is 1. The highest BCUT2D eigenvalue weighted by Gasteiger charge is 2.30. The van der Waals surface area contributed by atoms with Crippen molar-refractivity contribution in [3.05, 3.63) is 103 Å². The lowest BCUT2D eigenvalue weighted by molar-refractivity contribution is -0.114. The monoisotopic (exact) mass is 599 g/mol. The van der Waals surface area contributed by atoms with Crippen LogP contribution in [0.15, 0.2) is 107 Å². The molecular weight excluding hydrogens is 573 g/mol. The van der Waals surface area contributed by atoms with E-state index in [0.29, 0.717) is 5.75 Å². The van der Waals surface area contributed by atoms with Crippen molar-refractivity contribution in [2.45, 2.75) is 9.79 Å². The molecule has 2 N–H and O–H groups in total. The highest BCUT2D eigenvalue weighted by Crippen LogP contribution is 2.35. The number of anilines is 3. The summed E-state index contributed by atoms with van der Waals surface area (Å²) in [6, 6.07) is 22.3. The van der Waals surface area contributed by atoms with Gasteiger partial charge < -0.3 is 14.8 Å². The first kappa shape index (κ1) is 29.4. The van der Waals surface area contributed by atoms with E-state index in [1.165, 1.54) is 74.9 Å². The summed E-state index contributed by atoms with van der Waals surface area (Å²) in [5.74, 6) is -0.663. The van der Waals surface area contributed by atoms with Gasteiger partial charge in [0, 0.05) is 17.4 Å². The van der Waals surface area contributed by atoms with E-state index in [-0.39, 0.29) is 32.6 Å². The second-order valence-corrected chi connectivity index (χ2v) is 12.1. The molecule has 214 valence electrons. The fourth-order valence-electron chi connectivity index (χ4n) is 3.79. The van der Waals surface area contributed by atoms with Gasteiger partial charge in [0.25, 0.3) is 20.0 Å². The van der Waals surface area contributed by atoms with Crippen molar-refractivity contribution in [2.24, 2.45) is 0 Å². The van der Waals surface area contributed by atoms with E-state index in [2.05, 4.69) is 10.0 Å². The van der Waals surface area contributed by atoms with Gasteiger partial charge in [-0.2, -0.15) is 0 Å². The molecule has 0 bridgehead atoms. The maximum absolute atomic E-state index is 13.7. The number of methoxy groups -OCH3 is 2. The van der Waals surface area contributed by atoms with Crippen LogP contribution in [0.1, 0.15) is 0 Å². The maximum atomic E-state index is 13.7. The second-order valence-electron chi connectivity index (χ2n) is 8.55. The van der Waals surface area contributed by atoms with E-state index in [0.717, 1.165) is 16.4 Å². The van der Waals surface area contributed by atoms with Gasteiger partial charge in [-0.3, -0.25) is 13.8 Å². The van der Waals surface area contributed by atoms with E-state index in [1.807, 2.05) is 0 Å². The highest BCUT2D eigenvalue weighted by molar-refractivity contribution is 7.93. The third-order valence-corrected chi connectivity index (χ3v) is 8.99. The Bertz CT molecular complexity index is 1730. The van der Waals surface area contributed by atoms with Crippen molar-refractivity contribution in [2.75, 3.05) is 35.1 Å². The third kappa shape index (κ3) is 6.94. The number of halogens is 1. The number of nitrogens with one attached hydrogen (secondary N) is 2. The lowest BCUT2D eigenvalue weighted by Crippen LogP contribution is -2.38. The molecule has 0 aliphatic rings. The van der Waals surface area contributed by atoms with Crippen LogP contribution >= 0.6 is 0 Å². The Morgan fingerprint density at radius 2 is 1.41 bits per heavy atom. The van der Waals surface area contributed by atoms with Crippen LogP contribution in [0.25, 0.3) is 0 Å². The minimum absolute atomic E-state index is 0.0408. The fraction of sp³-hybridized carbons (Fsp3) is 0.107. The summed E-state index contributed by atoms with van der Waals surface area (Å²) in [7, 11) is -5.42. The van der Waals surface area contributed by atoms with Gasteiger partial charge in [-0.15, -0.1) is 0 Å². The van der Waals surface area contributed by atoms with Crippen LogP contribution in [0.4, 0.5) is 21.5 Å². The summed E-state index contributed by atoms with van der Waals surface area (Å²) in [6.45, 7) is -0.632. The average Bonchev–Trinajstić information content (AvgIpc) is 2.97. The molecule has 0 saturated heterocycles. The average molecular weight is 600 g/mol. The Morgan fingerprint density at radius 3 is 2.02 bits per heavy atom. The van der Waals surface area contributed by atoms with Crippen molar-refractivity contribution >= 4 is 43.0 Å². The molecule has 0 spiro atoms. The normalized spacial score (nSPS) is 11.4. The van der Waals surface area contributed by atoms with Crippen LogP contribution in [0.3, 0.4) is 0 Å². The molecule has 0 atom stereocenters. The van der Waals surface area contributed by atoms with Crippen LogP contribution < -0.4 is 23.8 Å². The molecule has 10 nitrogen and oxygen atoms in total. The summed E-state index contributed by atoms with van der Waals surface area (Å²) in [5, 5.41) is 2.59. The number of carbonyl (C=O) groups excluding carboxylic acids is 1. The molecule has 4 aromatic rings. The molecule has 4 rings (SSSR count). The Balaban J connectivity index is 1.58. The lowest BCUT2D eigenvalue weighted by Gasteiger charge is -2.26. The summed E-state index contributed by atoms with van der Waals surface area (Å²) in [5.41, 5.74) is 0.487. The summed E-state index contributed by atoms with van der Waals surface area (Å²) in [4.78, 5) is 13.0. The number of nitrogens with zero attached hydrogens (tertiary/aromatic N) is 1. The number of rotatable bonds is 11. The molecule has 13 heteroatoms. The van der Waals surface area contributed by atoms with Gasteiger partial charge in [0.05, 0.1) is 29.7 Å². The molecule has 0 unspecified atom stereocenters. The Hall–Kier alpha value is -4.62. The molecule has 4 aromatic carbocycles. The van der Waals surface area contributed by atoms with E-state index in [9.17, 15) is 26.0 Å². The molecule has 1 amide bonds. The first-order chi connectivity index (χ1) is 19.5. The van der Waals surface area contributed by atoms with Crippen LogP contribution in [-0.4, -0.2) is 43.5 Å². The van der Waals surface area contributed by atoms with Crippen LogP contribution in [0.5, 0.6) is 11.5 Å². The van der Waals surface area contributed by atoms with Crippen molar-refractivity contribution < 1.29 is 35.5 Å². The zero-order chi connectivity index (χ0) is 29.6. The SMILES string of the molecule is COc1ccc(OC)c(N(CC(=O)Nc2ccc(S(=O)(=O)Nc3ccc(F)cc3)cc2)S(=O)(=O)c2ccccc2)c1. The topological polar surface area (TPSA) is 131 Å². The predicted octanol–water partition coefficient (Wildman–Crippen LogP) is 4.48. The standard InChI is InChI=1S/C28H26FN3O7S2/c1-38-23-14-17-27(39-2)26(18-23)32(41(36,37)25-6-4-3-5-7-25)19-28(33)30-21-12-15-24(16-13-21)40(34,35)31-22-10-8-20(29)9-11-22/h3-18,31H,19H2,1-2H3,(H,30,33). The number of benzene rings is 4. The maximum Gasteiger partial charge on any atom is 0.264 e. The number of hydrogen-bond donors (Lipinski definition) is 2. The summed E-state index contributed by atoms with van der Waals surface area (Å²) < 4.78 is 79.7. The van der Waals surface area contributed by atoms with E-state index < -0.39 is 38.3 Å². The van der Waals surface area contributed by atoms with Gasteiger partial charge in [0.2, 0.25) is 5.91 Å². The molecular formula is C28H26FN3O7S2. The van der Waals surface area contributed by atoms with Crippen LogP contribution in [0, 0.1) is 5.82 Å². The second kappa shape index (κ2) is 12.3. The number of hydrogen-bond acceptors (Lipinski definition) is 7. The molecule has 0 aliphatic carbocycles. The molecule has 41 heavy (non-hydrogen) atoms. The number of ether oxygens (including phenoxy) is 2. The molecule has 0 radical (unpaired) electrons. The summed E-state index contributed by atoms with van der Waals surface area (Å²) in [6.07, 6.45) is 0. The van der Waals surface area contributed by atoms with Crippen LogP contribution in [0.2, 0.25) is 0 Å². The van der Waals surface area contributed by atoms with Gasteiger partial charge in [0.1, 0.15) is 23.9 Å². The van der Waals surface area contributed by atoms with E-state index >= 15 is 0 Å². The summed E-state index contributed by atoms with van der Waals surface area (Å²) >= 11 is 0. The van der Waals surface area contributed by atoms with E-state index in [1.54, 1.807) is 24.3 Å². The number of sulfonamides is 2. The van der Waals surface area contributed by atoms with E-state index in [4.69, 9.17) is 9.47 Å². The lowest BCUT2D eigenvalue weighted by atomic mass is 10.2. The number of amides is 1. The fourth-order valence-corrected chi connectivity index (χ4v) is 6.29. The van der Waals surface area contributed by atoms with Gasteiger partial charge >= 0.3 is 0 Å². The van der Waals surface area contributed by atoms with Gasteiger partial charge in [0.15, 0.2) is 0 Å². The Labute approximate surface area is 237 Å². The minimum Gasteiger partial charge on any atom is -0.497 e. The Morgan fingerprint density at radius 1 is 0.780 bits per heavy atom. The zero-order valence-electron chi connectivity index (χ0n) is 21.9. The molecule has 0 aromatic heterocycles. The highest BCUT2D eigenvalue weighted by atomic mass is 32.2. The minimum atomic E-state index is -4.23. The molecule has 0 aliphatic heterocycles. The van der Waals surface area contributed by atoms with Crippen molar-refractivity contribution in [1.82, 2.24) is 0 Å². The third-order valence-electron chi connectivity index (χ3n) is 5.82. The zero-order valence-corrected chi connectivity index (χ0v) is 23.6.